The summed E-state index contributed by atoms with van der Waals surface area (Å²) in [6.07, 6.45) is 0. The summed E-state index contributed by atoms with van der Waals surface area (Å²) in [6.45, 7) is 0.326. The highest BCUT2D eigenvalue weighted by Crippen LogP contribution is 2.12. The van der Waals surface area contributed by atoms with E-state index in [4.69, 9.17) is 22.1 Å². The van der Waals surface area contributed by atoms with Crippen LogP contribution >= 0.6 is 11.6 Å². The predicted octanol–water partition coefficient (Wildman–Crippen LogP) is 3.08. The van der Waals surface area contributed by atoms with Crippen LogP contribution in [0.25, 0.3) is 0 Å². The van der Waals surface area contributed by atoms with Crippen molar-refractivity contribution >= 4 is 28.9 Å². The third-order valence-corrected chi connectivity index (χ3v) is 2.82. The smallest absolute Gasteiger partial charge is 0.250 e. The van der Waals surface area contributed by atoms with Gasteiger partial charge in [-0.15, -0.1) is 0 Å². The van der Waals surface area contributed by atoms with Crippen LogP contribution in [-0.4, -0.2) is 12.5 Å². The fourth-order valence-electron chi connectivity index (χ4n) is 1.65. The van der Waals surface area contributed by atoms with Gasteiger partial charge in [0.2, 0.25) is 5.91 Å². The number of carbonyl (C=O) groups excluding carboxylic acids is 1. The summed E-state index contributed by atoms with van der Waals surface area (Å²) >= 11 is 5.86. The topological polar surface area (TPSA) is 64.3 Å². The summed E-state index contributed by atoms with van der Waals surface area (Å²) in [5.74, 6) is -0.211. The number of nitrogens with one attached hydrogen (secondary N) is 1. The first-order chi connectivity index (χ1) is 9.63. The molecule has 0 bridgehead atoms. The number of rotatable bonds is 5. The summed E-state index contributed by atoms with van der Waals surface area (Å²) in [4.78, 5) is 11.7. The van der Waals surface area contributed by atoms with Gasteiger partial charge < -0.3 is 15.8 Å². The number of halogens is 1. The summed E-state index contributed by atoms with van der Waals surface area (Å²) in [5.41, 5.74) is 7.84. The predicted molar refractivity (Wildman–Crippen MR) is 80.6 cm³/mol. The number of nitrogen functional groups attached to an aromatic ring is 1. The van der Waals surface area contributed by atoms with Gasteiger partial charge in [-0.3, -0.25) is 4.79 Å². The second-order valence-electron chi connectivity index (χ2n) is 4.29. The van der Waals surface area contributed by atoms with Gasteiger partial charge >= 0.3 is 0 Å². The van der Waals surface area contributed by atoms with Crippen LogP contribution in [0.15, 0.2) is 48.5 Å². The number of carbonyl (C=O) groups is 1. The summed E-state index contributed by atoms with van der Waals surface area (Å²) in [5, 5.41) is 3.37. The lowest BCUT2D eigenvalue weighted by atomic mass is 10.2. The van der Waals surface area contributed by atoms with Gasteiger partial charge in [0.15, 0.2) is 0 Å². The van der Waals surface area contributed by atoms with E-state index >= 15 is 0 Å². The molecule has 0 aromatic heterocycles. The van der Waals surface area contributed by atoms with Crippen LogP contribution in [0.4, 0.5) is 11.4 Å². The first kappa shape index (κ1) is 14.4. The number of hydrogen-bond acceptors (Lipinski definition) is 3. The van der Waals surface area contributed by atoms with E-state index in [-0.39, 0.29) is 12.5 Å². The zero-order chi connectivity index (χ0) is 14.4. The van der Waals surface area contributed by atoms with Gasteiger partial charge in [-0.05, 0) is 42.0 Å². The maximum absolute atomic E-state index is 11.7. The summed E-state index contributed by atoms with van der Waals surface area (Å²) < 4.78 is 5.34. The SMILES string of the molecule is Nc1ccc(NC(=O)COCc2cccc(Cl)c2)cc1. The maximum atomic E-state index is 11.7. The zero-order valence-corrected chi connectivity index (χ0v) is 11.6. The van der Waals surface area contributed by atoms with Crippen LogP contribution in [0.5, 0.6) is 0 Å². The highest BCUT2D eigenvalue weighted by atomic mass is 35.5. The molecule has 2 rings (SSSR count). The minimum atomic E-state index is -0.211. The molecule has 3 N–H and O–H groups in total. The molecule has 0 radical (unpaired) electrons. The fourth-order valence-corrected chi connectivity index (χ4v) is 1.86. The van der Waals surface area contributed by atoms with Crippen molar-refractivity contribution in [3.63, 3.8) is 0 Å². The van der Waals surface area contributed by atoms with Crippen molar-refractivity contribution in [3.8, 4) is 0 Å². The van der Waals surface area contributed by atoms with E-state index in [0.29, 0.717) is 23.0 Å². The quantitative estimate of drug-likeness (QED) is 0.832. The standard InChI is InChI=1S/C15H15ClN2O2/c16-12-3-1-2-11(8-12)9-20-10-15(19)18-14-6-4-13(17)5-7-14/h1-8H,9-10,17H2,(H,18,19). The van der Waals surface area contributed by atoms with Crippen LogP contribution in [0.3, 0.4) is 0 Å². The Morgan fingerprint density at radius 3 is 2.65 bits per heavy atom. The highest BCUT2D eigenvalue weighted by molar-refractivity contribution is 6.30. The molecule has 0 unspecified atom stereocenters. The summed E-state index contributed by atoms with van der Waals surface area (Å²) in [6, 6.07) is 14.3. The second kappa shape index (κ2) is 6.93. The lowest BCUT2D eigenvalue weighted by Gasteiger charge is -2.07. The van der Waals surface area contributed by atoms with Gasteiger partial charge in [0.1, 0.15) is 6.61 Å². The van der Waals surface area contributed by atoms with Crippen molar-refractivity contribution in [2.24, 2.45) is 0 Å². The van der Waals surface area contributed by atoms with Gasteiger partial charge in [-0.2, -0.15) is 0 Å². The van der Waals surface area contributed by atoms with E-state index < -0.39 is 0 Å². The molecule has 0 aliphatic rings. The molecular formula is C15H15ClN2O2. The molecule has 0 fully saturated rings. The Morgan fingerprint density at radius 1 is 1.20 bits per heavy atom. The van der Waals surface area contributed by atoms with Gasteiger partial charge in [0.05, 0.1) is 6.61 Å². The average molecular weight is 291 g/mol. The van der Waals surface area contributed by atoms with Crippen LogP contribution < -0.4 is 11.1 Å². The molecular weight excluding hydrogens is 276 g/mol. The van der Waals surface area contributed by atoms with E-state index in [1.54, 1.807) is 36.4 Å². The van der Waals surface area contributed by atoms with Gasteiger partial charge in [-0.25, -0.2) is 0 Å². The number of nitrogens with two attached hydrogens (primary N) is 1. The first-order valence-electron chi connectivity index (χ1n) is 6.11. The highest BCUT2D eigenvalue weighted by Gasteiger charge is 2.03. The van der Waals surface area contributed by atoms with E-state index in [2.05, 4.69) is 5.32 Å². The molecule has 104 valence electrons. The summed E-state index contributed by atoms with van der Waals surface area (Å²) in [7, 11) is 0. The van der Waals surface area contributed by atoms with Gasteiger partial charge in [0, 0.05) is 16.4 Å². The van der Waals surface area contributed by atoms with Crippen molar-refractivity contribution < 1.29 is 9.53 Å². The molecule has 4 nitrogen and oxygen atoms in total. The molecule has 0 spiro atoms. The molecule has 20 heavy (non-hydrogen) atoms. The molecule has 0 aliphatic carbocycles. The molecule has 0 saturated heterocycles. The first-order valence-corrected chi connectivity index (χ1v) is 6.49. The van der Waals surface area contributed by atoms with Crippen LogP contribution in [0, 0.1) is 0 Å². The fraction of sp³-hybridized carbons (Fsp3) is 0.133. The number of ether oxygens (including phenoxy) is 1. The Labute approximate surface area is 122 Å². The third-order valence-electron chi connectivity index (χ3n) is 2.59. The van der Waals surface area contributed by atoms with Crippen molar-refractivity contribution in [1.29, 1.82) is 0 Å². The van der Waals surface area contributed by atoms with E-state index in [9.17, 15) is 4.79 Å². The van der Waals surface area contributed by atoms with E-state index in [1.165, 1.54) is 0 Å². The van der Waals surface area contributed by atoms with Gasteiger partial charge in [0.25, 0.3) is 0 Å². The molecule has 5 heteroatoms. The minimum absolute atomic E-state index is 0.0170. The van der Waals surface area contributed by atoms with Crippen molar-refractivity contribution in [2.45, 2.75) is 6.61 Å². The molecule has 2 aromatic rings. The van der Waals surface area contributed by atoms with Crippen LogP contribution in [0.1, 0.15) is 5.56 Å². The average Bonchev–Trinajstić information content (AvgIpc) is 2.41. The normalized spacial score (nSPS) is 10.2. The molecule has 2 aromatic carbocycles. The molecule has 0 saturated carbocycles. The minimum Gasteiger partial charge on any atom is -0.399 e. The lowest BCUT2D eigenvalue weighted by Crippen LogP contribution is -2.18. The molecule has 1 amide bonds. The van der Waals surface area contributed by atoms with Crippen molar-refractivity contribution in [2.75, 3.05) is 17.7 Å². The number of anilines is 2. The number of benzene rings is 2. The van der Waals surface area contributed by atoms with Crippen LogP contribution in [-0.2, 0) is 16.1 Å². The third kappa shape index (κ3) is 4.57. The van der Waals surface area contributed by atoms with Crippen molar-refractivity contribution in [3.05, 3.63) is 59.1 Å². The Balaban J connectivity index is 1.76. The largest absolute Gasteiger partial charge is 0.399 e. The molecule has 0 heterocycles. The van der Waals surface area contributed by atoms with E-state index in [0.717, 1.165) is 5.56 Å². The number of amides is 1. The lowest BCUT2D eigenvalue weighted by molar-refractivity contribution is -0.121. The monoisotopic (exact) mass is 290 g/mol. The van der Waals surface area contributed by atoms with E-state index in [1.807, 2.05) is 12.1 Å². The van der Waals surface area contributed by atoms with Crippen molar-refractivity contribution in [1.82, 2.24) is 0 Å². The Bertz CT molecular complexity index is 585. The maximum Gasteiger partial charge on any atom is 0.250 e. The Morgan fingerprint density at radius 2 is 1.95 bits per heavy atom. The Hall–Kier alpha value is -2.04. The zero-order valence-electron chi connectivity index (χ0n) is 10.8. The van der Waals surface area contributed by atoms with Crippen LogP contribution in [0.2, 0.25) is 5.02 Å². The van der Waals surface area contributed by atoms with Gasteiger partial charge in [-0.1, -0.05) is 23.7 Å². The number of hydrogen-bond donors (Lipinski definition) is 2. The molecule has 0 atom stereocenters. The Kier molecular flexibility index (Phi) is 4.98. The second-order valence-corrected chi connectivity index (χ2v) is 4.73. The molecule has 0 aliphatic heterocycles.